The Kier molecular flexibility index (Phi) is 11.0. The summed E-state index contributed by atoms with van der Waals surface area (Å²) in [5, 5.41) is 4.92. The molecule has 2 fully saturated rings. The molecule has 6 amide bonds. The predicted octanol–water partition coefficient (Wildman–Crippen LogP) is 0.228. The first-order valence-electron chi connectivity index (χ1n) is 13.3. The van der Waals surface area contributed by atoms with Crippen molar-refractivity contribution >= 4 is 35.9 Å². The monoisotopic (exact) mass is 543 g/mol. The number of likely N-dealkylation sites (N-methyl/N-ethyl adjacent to an activating group) is 1. The van der Waals surface area contributed by atoms with Gasteiger partial charge in [-0.3, -0.25) is 43.9 Å². The molecule has 1 aromatic carbocycles. The Morgan fingerprint density at radius 1 is 1.18 bits per heavy atom. The highest BCUT2D eigenvalue weighted by Crippen LogP contribution is 2.24. The maximum Gasteiger partial charge on any atom is 0.261 e. The number of carbonyl (C=O) groups excluding carboxylic acids is 6. The van der Waals surface area contributed by atoms with E-state index in [0.29, 0.717) is 30.7 Å². The zero-order valence-corrected chi connectivity index (χ0v) is 22.6. The van der Waals surface area contributed by atoms with Crippen molar-refractivity contribution in [2.45, 2.75) is 51.5 Å². The topological polar surface area (TPSA) is 145 Å². The van der Waals surface area contributed by atoms with Crippen molar-refractivity contribution in [1.82, 2.24) is 25.3 Å². The number of rotatable bonds is 12. The van der Waals surface area contributed by atoms with Crippen LogP contribution in [0, 0.1) is 6.92 Å². The summed E-state index contributed by atoms with van der Waals surface area (Å²) in [5.41, 5.74) is 0.667. The van der Waals surface area contributed by atoms with Gasteiger partial charge in [0.05, 0.1) is 13.1 Å². The fourth-order valence-corrected chi connectivity index (χ4v) is 4.67. The lowest BCUT2D eigenvalue weighted by atomic mass is 10.0. The molecule has 12 heteroatoms. The Morgan fingerprint density at radius 2 is 1.92 bits per heavy atom. The van der Waals surface area contributed by atoms with Crippen LogP contribution < -0.4 is 15.4 Å². The minimum Gasteiger partial charge on any atom is -0.491 e. The fourth-order valence-electron chi connectivity index (χ4n) is 4.67. The second kappa shape index (κ2) is 14.4. The third-order valence-corrected chi connectivity index (χ3v) is 6.92. The van der Waals surface area contributed by atoms with E-state index >= 15 is 0 Å². The molecule has 0 bridgehead atoms. The summed E-state index contributed by atoms with van der Waals surface area (Å²) < 4.78 is 5.76. The zero-order chi connectivity index (χ0) is 28.4. The van der Waals surface area contributed by atoms with E-state index in [4.69, 9.17) is 4.74 Å². The van der Waals surface area contributed by atoms with Gasteiger partial charge in [0.2, 0.25) is 30.0 Å². The molecule has 2 N–H and O–H groups in total. The van der Waals surface area contributed by atoms with Crippen molar-refractivity contribution in [2.24, 2.45) is 0 Å². The molecule has 3 rings (SSSR count). The molecule has 0 spiro atoms. The van der Waals surface area contributed by atoms with Crippen LogP contribution in [0.2, 0.25) is 0 Å². The van der Waals surface area contributed by atoms with Gasteiger partial charge in [0.25, 0.3) is 5.91 Å². The van der Waals surface area contributed by atoms with E-state index in [-0.39, 0.29) is 49.9 Å². The molecule has 2 aliphatic rings. The Labute approximate surface area is 228 Å². The first kappa shape index (κ1) is 29.8. The van der Waals surface area contributed by atoms with Crippen LogP contribution in [0.3, 0.4) is 0 Å². The Bertz CT molecular complexity index is 1090. The van der Waals surface area contributed by atoms with Crippen LogP contribution in [0.4, 0.5) is 0 Å². The molecule has 1 atom stereocenters. The van der Waals surface area contributed by atoms with Crippen molar-refractivity contribution in [1.29, 1.82) is 0 Å². The normalized spacial score (nSPS) is 17.4. The van der Waals surface area contributed by atoms with E-state index in [9.17, 15) is 28.8 Å². The first-order valence-corrected chi connectivity index (χ1v) is 13.3. The van der Waals surface area contributed by atoms with Crippen LogP contribution in [-0.2, 0) is 24.0 Å². The second-order valence-corrected chi connectivity index (χ2v) is 9.84. The molecule has 0 aromatic heterocycles. The van der Waals surface area contributed by atoms with Gasteiger partial charge in [-0.2, -0.15) is 0 Å². The number of nitrogens with zero attached hydrogens (tertiary/aromatic N) is 3. The molecule has 0 aliphatic carbocycles. The number of ether oxygens (including phenoxy) is 1. The van der Waals surface area contributed by atoms with Gasteiger partial charge in [-0.05, 0) is 51.8 Å². The molecule has 2 aliphatic heterocycles. The number of amides is 6. The number of piperidine rings is 2. The SMILES string of the molecule is Cc1c(OCCNC(=O)CN(C)CCC(=O)N2CCCCC2)cccc1C(=O)N(C=O)C1CCC(=O)NC1=O. The average molecular weight is 544 g/mol. The Hall–Kier alpha value is -3.80. The standard InChI is InChI=1S/C27H37N5O7/c1-19-20(27(38)32(18-33)21-9-10-23(34)29-26(21)37)7-6-8-22(19)39-16-12-28-24(35)17-30(2)15-11-25(36)31-13-4-3-5-14-31/h6-8,18,21H,3-5,9-17H2,1-2H3,(H,28,35)(H,29,34,37). The summed E-state index contributed by atoms with van der Waals surface area (Å²) in [6.07, 6.45) is 4.04. The molecular weight excluding hydrogens is 506 g/mol. The number of hydrogen-bond acceptors (Lipinski definition) is 8. The minimum atomic E-state index is -1.06. The smallest absolute Gasteiger partial charge is 0.261 e. The minimum absolute atomic E-state index is 0.0361. The number of benzene rings is 1. The van der Waals surface area contributed by atoms with Crippen molar-refractivity contribution in [3.8, 4) is 5.75 Å². The molecule has 1 unspecified atom stereocenters. The van der Waals surface area contributed by atoms with Gasteiger partial charge >= 0.3 is 0 Å². The average Bonchev–Trinajstić information content (AvgIpc) is 2.92. The van der Waals surface area contributed by atoms with Gasteiger partial charge in [0.1, 0.15) is 18.4 Å². The summed E-state index contributed by atoms with van der Waals surface area (Å²) in [6, 6.07) is 3.73. The van der Waals surface area contributed by atoms with Gasteiger partial charge in [0, 0.05) is 43.6 Å². The van der Waals surface area contributed by atoms with Gasteiger partial charge in [-0.1, -0.05) is 6.07 Å². The van der Waals surface area contributed by atoms with E-state index in [0.717, 1.165) is 30.8 Å². The lowest BCUT2D eigenvalue weighted by Crippen LogP contribution is -2.53. The van der Waals surface area contributed by atoms with E-state index in [1.54, 1.807) is 31.0 Å². The summed E-state index contributed by atoms with van der Waals surface area (Å²) in [4.78, 5) is 77.4. The lowest BCUT2D eigenvalue weighted by Gasteiger charge is -2.28. The molecule has 0 radical (unpaired) electrons. The summed E-state index contributed by atoms with van der Waals surface area (Å²) in [6.45, 7) is 4.31. The quantitative estimate of drug-likeness (QED) is 0.217. The number of hydrogen-bond donors (Lipinski definition) is 2. The third kappa shape index (κ3) is 8.34. The van der Waals surface area contributed by atoms with E-state index in [1.165, 1.54) is 12.5 Å². The molecule has 212 valence electrons. The molecule has 39 heavy (non-hydrogen) atoms. The number of carbonyl (C=O) groups is 6. The van der Waals surface area contributed by atoms with Crippen LogP contribution in [0.25, 0.3) is 0 Å². The molecule has 1 aromatic rings. The summed E-state index contributed by atoms with van der Waals surface area (Å²) in [7, 11) is 1.79. The highest BCUT2D eigenvalue weighted by atomic mass is 16.5. The van der Waals surface area contributed by atoms with Gasteiger partial charge in [-0.15, -0.1) is 0 Å². The molecule has 2 heterocycles. The number of imide groups is 2. The first-order chi connectivity index (χ1) is 18.7. The van der Waals surface area contributed by atoms with Crippen LogP contribution in [-0.4, -0.2) is 103 Å². The second-order valence-electron chi connectivity index (χ2n) is 9.84. The van der Waals surface area contributed by atoms with Crippen molar-refractivity contribution in [3.05, 3.63) is 29.3 Å². The maximum atomic E-state index is 13.1. The van der Waals surface area contributed by atoms with E-state index < -0.39 is 23.8 Å². The number of likely N-dealkylation sites (tertiary alicyclic amines) is 1. The largest absolute Gasteiger partial charge is 0.491 e. The van der Waals surface area contributed by atoms with Crippen molar-refractivity contribution in [3.63, 3.8) is 0 Å². The summed E-state index contributed by atoms with van der Waals surface area (Å²) >= 11 is 0. The van der Waals surface area contributed by atoms with Crippen LogP contribution in [0.5, 0.6) is 5.75 Å². The van der Waals surface area contributed by atoms with Crippen molar-refractivity contribution < 1.29 is 33.5 Å². The molecule has 12 nitrogen and oxygen atoms in total. The molecular formula is C27H37N5O7. The van der Waals surface area contributed by atoms with Gasteiger partial charge in [0.15, 0.2) is 0 Å². The van der Waals surface area contributed by atoms with Crippen molar-refractivity contribution in [2.75, 3.05) is 46.4 Å². The maximum absolute atomic E-state index is 13.1. The van der Waals surface area contributed by atoms with Gasteiger partial charge in [-0.25, -0.2) is 0 Å². The third-order valence-electron chi connectivity index (χ3n) is 6.92. The van der Waals surface area contributed by atoms with Crippen LogP contribution >= 0.6 is 0 Å². The predicted molar refractivity (Wildman–Crippen MR) is 141 cm³/mol. The highest BCUT2D eigenvalue weighted by molar-refractivity contribution is 6.07. The molecule has 2 saturated heterocycles. The van der Waals surface area contributed by atoms with E-state index in [2.05, 4.69) is 10.6 Å². The fraction of sp³-hybridized carbons (Fsp3) is 0.556. The summed E-state index contributed by atoms with van der Waals surface area (Å²) in [5.74, 6) is -1.47. The molecule has 0 saturated carbocycles. The Morgan fingerprint density at radius 3 is 2.62 bits per heavy atom. The van der Waals surface area contributed by atoms with Gasteiger partial charge < -0.3 is 15.0 Å². The lowest BCUT2D eigenvalue weighted by molar-refractivity contribution is -0.139. The van der Waals surface area contributed by atoms with Crippen LogP contribution in [0.15, 0.2) is 18.2 Å². The zero-order valence-electron chi connectivity index (χ0n) is 22.6. The highest BCUT2D eigenvalue weighted by Gasteiger charge is 2.35. The van der Waals surface area contributed by atoms with Crippen LogP contribution in [0.1, 0.15) is 54.4 Å². The number of nitrogens with one attached hydrogen (secondary N) is 2. The van der Waals surface area contributed by atoms with E-state index in [1.807, 2.05) is 4.90 Å². The Balaban J connectivity index is 1.44.